The smallest absolute Gasteiger partial charge is 0.410 e. The first-order valence-corrected chi connectivity index (χ1v) is 13.8. The van der Waals surface area contributed by atoms with Crippen LogP contribution in [0.25, 0.3) is 11.1 Å². The van der Waals surface area contributed by atoms with Crippen LogP contribution in [0.1, 0.15) is 35.4 Å². The summed E-state index contributed by atoms with van der Waals surface area (Å²) in [6.45, 7) is 0.672. The van der Waals surface area contributed by atoms with Crippen LogP contribution in [0.3, 0.4) is 0 Å². The van der Waals surface area contributed by atoms with Crippen molar-refractivity contribution in [2.24, 2.45) is 0 Å². The second-order valence-corrected chi connectivity index (χ2v) is 10.7. The van der Waals surface area contributed by atoms with Gasteiger partial charge in [-0.2, -0.15) is 0 Å². The van der Waals surface area contributed by atoms with Gasteiger partial charge < -0.3 is 24.3 Å². The topological polar surface area (TPSA) is 103 Å². The van der Waals surface area contributed by atoms with Crippen LogP contribution in [0.2, 0.25) is 0 Å². The number of hydrogen-bond donors (Lipinski definition) is 1. The molecule has 9 nitrogen and oxygen atoms in total. The Hall–Kier alpha value is -4.37. The van der Waals surface area contributed by atoms with Gasteiger partial charge in [0.2, 0.25) is 0 Å². The van der Waals surface area contributed by atoms with Gasteiger partial charge in [-0.25, -0.2) is 14.4 Å². The number of carbonyl (C=O) groups is 3. The fraction of sp³-hybridized carbons (Fsp3) is 0.344. The highest BCUT2D eigenvalue weighted by atomic mass is 16.6. The molecular weight excluding hydrogens is 524 g/mol. The molecule has 1 aliphatic carbocycles. The molecule has 41 heavy (non-hydrogen) atoms. The molecule has 2 saturated heterocycles. The van der Waals surface area contributed by atoms with Gasteiger partial charge in [0, 0.05) is 18.8 Å². The van der Waals surface area contributed by atoms with Crippen molar-refractivity contribution in [3.05, 3.63) is 95.6 Å². The molecule has 2 fully saturated rings. The van der Waals surface area contributed by atoms with Gasteiger partial charge in [-0.1, -0.05) is 78.9 Å². The number of fused-ring (bicyclic) bond motifs is 5. The van der Waals surface area contributed by atoms with Gasteiger partial charge in [-0.15, -0.1) is 0 Å². The third kappa shape index (κ3) is 5.13. The van der Waals surface area contributed by atoms with Gasteiger partial charge in [0.15, 0.2) is 0 Å². The predicted molar refractivity (Wildman–Crippen MR) is 149 cm³/mol. The molecule has 2 bridgehead atoms. The Bertz CT molecular complexity index is 1380. The highest BCUT2D eigenvalue weighted by Crippen LogP contribution is 2.44. The van der Waals surface area contributed by atoms with Crippen LogP contribution in [0.15, 0.2) is 78.9 Å². The summed E-state index contributed by atoms with van der Waals surface area (Å²) in [6.07, 6.45) is -0.968. The molecule has 2 unspecified atom stereocenters. The molecule has 1 N–H and O–H groups in total. The second-order valence-electron chi connectivity index (χ2n) is 10.7. The Morgan fingerprint density at radius 3 is 2.05 bits per heavy atom. The summed E-state index contributed by atoms with van der Waals surface area (Å²) in [5.41, 5.74) is 3.95. The molecule has 9 heteroatoms. The average molecular weight is 557 g/mol. The van der Waals surface area contributed by atoms with Crippen LogP contribution >= 0.6 is 0 Å². The Kier molecular flexibility index (Phi) is 7.36. The van der Waals surface area contributed by atoms with Crippen molar-refractivity contribution < 1.29 is 33.3 Å². The maximum absolute atomic E-state index is 13.2. The third-order valence-electron chi connectivity index (χ3n) is 8.25. The Balaban J connectivity index is 1.15. The number of piperidine rings is 1. The number of hydrogen-bond acceptors (Lipinski definition) is 7. The van der Waals surface area contributed by atoms with Crippen molar-refractivity contribution in [2.45, 2.75) is 43.0 Å². The van der Waals surface area contributed by atoms with Crippen molar-refractivity contribution in [1.82, 2.24) is 10.2 Å². The number of methoxy groups -OCH3 is 1. The van der Waals surface area contributed by atoms with Gasteiger partial charge in [-0.3, -0.25) is 4.90 Å². The van der Waals surface area contributed by atoms with Crippen LogP contribution in [0, 0.1) is 0 Å². The lowest BCUT2D eigenvalue weighted by atomic mass is 9.78. The SMILES string of the molecule is COC(=O)C1(NC(=O)OCC2c3ccccc3-c3ccccc32)CC2COCC(C1)N2C(=O)OCc1ccccc1. The maximum Gasteiger partial charge on any atom is 0.410 e. The number of benzene rings is 3. The van der Waals surface area contributed by atoms with Gasteiger partial charge in [0.05, 0.1) is 32.4 Å². The highest BCUT2D eigenvalue weighted by Gasteiger charge is 2.55. The fourth-order valence-electron chi connectivity index (χ4n) is 6.44. The molecule has 2 atom stereocenters. The van der Waals surface area contributed by atoms with Crippen molar-refractivity contribution in [3.8, 4) is 11.1 Å². The first kappa shape index (κ1) is 26.8. The number of morpholine rings is 1. The molecule has 0 spiro atoms. The zero-order valence-electron chi connectivity index (χ0n) is 22.8. The molecular formula is C32H32N2O7. The lowest BCUT2D eigenvalue weighted by molar-refractivity contribution is -0.158. The first-order valence-electron chi connectivity index (χ1n) is 13.8. The van der Waals surface area contributed by atoms with E-state index in [0.29, 0.717) is 0 Å². The van der Waals surface area contributed by atoms with E-state index >= 15 is 0 Å². The fourth-order valence-corrected chi connectivity index (χ4v) is 6.44. The standard InChI is InChI=1S/C32H32N2O7/c1-38-29(35)32(15-22-18-39-19-23(16-32)34(22)31(37)41-17-21-9-3-2-4-10-21)33-30(36)40-20-28-26-13-7-5-11-24(26)25-12-6-8-14-27(25)28/h2-14,22-23,28H,15-20H2,1H3,(H,33,36). The Morgan fingerprint density at radius 1 is 0.854 bits per heavy atom. The number of esters is 1. The summed E-state index contributed by atoms with van der Waals surface area (Å²) in [5, 5.41) is 2.83. The molecule has 3 aliphatic rings. The second kappa shape index (κ2) is 11.2. The van der Waals surface area contributed by atoms with Crippen LogP contribution in [0.4, 0.5) is 9.59 Å². The number of carbonyl (C=O) groups excluding carboxylic acids is 3. The van der Waals surface area contributed by atoms with Crippen molar-refractivity contribution in [3.63, 3.8) is 0 Å². The van der Waals surface area contributed by atoms with Crippen LogP contribution in [-0.4, -0.2) is 67.6 Å². The summed E-state index contributed by atoms with van der Waals surface area (Å²) in [5.74, 6) is -0.698. The van der Waals surface area contributed by atoms with Crippen LogP contribution in [-0.2, 0) is 30.3 Å². The lowest BCUT2D eigenvalue weighted by Crippen LogP contribution is -2.70. The zero-order valence-corrected chi connectivity index (χ0v) is 22.8. The monoisotopic (exact) mass is 556 g/mol. The van der Waals surface area contributed by atoms with E-state index in [0.717, 1.165) is 27.8 Å². The number of nitrogens with zero attached hydrogens (tertiary/aromatic N) is 1. The Morgan fingerprint density at radius 2 is 1.44 bits per heavy atom. The zero-order chi connectivity index (χ0) is 28.4. The molecule has 3 aromatic carbocycles. The highest BCUT2D eigenvalue weighted by molar-refractivity contribution is 5.87. The van der Waals surface area contributed by atoms with E-state index in [4.69, 9.17) is 18.9 Å². The van der Waals surface area contributed by atoms with Gasteiger partial charge in [0.1, 0.15) is 18.8 Å². The normalized spacial score (nSPS) is 22.7. The lowest BCUT2D eigenvalue weighted by Gasteiger charge is -2.51. The number of rotatable bonds is 6. The minimum atomic E-state index is -1.37. The number of ether oxygens (including phenoxy) is 4. The van der Waals surface area contributed by atoms with E-state index < -0.39 is 35.8 Å². The van der Waals surface area contributed by atoms with Gasteiger partial charge in [-0.05, 0) is 27.8 Å². The minimum absolute atomic E-state index is 0.112. The quantitative estimate of drug-likeness (QED) is 0.349. The van der Waals surface area contributed by atoms with E-state index in [1.165, 1.54) is 7.11 Å². The number of amides is 2. The maximum atomic E-state index is 13.2. The van der Waals surface area contributed by atoms with E-state index in [1.807, 2.05) is 66.7 Å². The van der Waals surface area contributed by atoms with E-state index in [2.05, 4.69) is 17.4 Å². The molecule has 3 aromatic rings. The molecule has 2 amide bonds. The summed E-state index contributed by atoms with van der Waals surface area (Å²) >= 11 is 0. The molecule has 0 aromatic heterocycles. The molecule has 0 radical (unpaired) electrons. The average Bonchev–Trinajstić information content (AvgIpc) is 3.32. The van der Waals surface area contributed by atoms with Gasteiger partial charge in [0.25, 0.3) is 0 Å². The minimum Gasteiger partial charge on any atom is -0.467 e. The molecule has 0 saturated carbocycles. The summed E-state index contributed by atoms with van der Waals surface area (Å²) < 4.78 is 22.2. The van der Waals surface area contributed by atoms with Crippen LogP contribution < -0.4 is 5.32 Å². The third-order valence-corrected chi connectivity index (χ3v) is 8.25. The Labute approximate surface area is 238 Å². The van der Waals surface area contributed by atoms with E-state index in [1.54, 1.807) is 4.90 Å². The summed E-state index contributed by atoms with van der Waals surface area (Å²) in [7, 11) is 1.29. The number of nitrogens with one attached hydrogen (secondary N) is 1. The van der Waals surface area contributed by atoms with Gasteiger partial charge >= 0.3 is 18.2 Å². The van der Waals surface area contributed by atoms with Crippen LogP contribution in [0.5, 0.6) is 0 Å². The van der Waals surface area contributed by atoms with Crippen molar-refractivity contribution >= 4 is 18.2 Å². The summed E-state index contributed by atoms with van der Waals surface area (Å²) in [4.78, 5) is 41.2. The molecule has 2 aliphatic heterocycles. The van der Waals surface area contributed by atoms with Crippen molar-refractivity contribution in [2.75, 3.05) is 26.9 Å². The van der Waals surface area contributed by atoms with E-state index in [-0.39, 0.29) is 45.2 Å². The first-order chi connectivity index (χ1) is 20.0. The molecule has 2 heterocycles. The molecule has 212 valence electrons. The van der Waals surface area contributed by atoms with Crippen molar-refractivity contribution in [1.29, 1.82) is 0 Å². The summed E-state index contributed by atoms with van der Waals surface area (Å²) in [6, 6.07) is 24.6. The largest absolute Gasteiger partial charge is 0.467 e. The number of alkyl carbamates (subject to hydrolysis) is 1. The van der Waals surface area contributed by atoms with E-state index in [9.17, 15) is 14.4 Å². The molecule has 6 rings (SSSR count). The predicted octanol–water partition coefficient (Wildman–Crippen LogP) is 4.64.